The van der Waals surface area contributed by atoms with Gasteiger partial charge in [-0.05, 0) is 266 Å². The topological polar surface area (TPSA) is 197 Å². The third kappa shape index (κ3) is 22.0. The van der Waals surface area contributed by atoms with Gasteiger partial charge in [0.25, 0.3) is 27.8 Å². The highest BCUT2D eigenvalue weighted by molar-refractivity contribution is 6.45. The number of hydrogen-bond acceptors (Lipinski definition) is 17. The van der Waals surface area contributed by atoms with Gasteiger partial charge >= 0.3 is 0 Å². The number of piperidine rings is 5. The molecule has 740 valence electrons. The molecule has 0 N–H and O–H groups in total. The van der Waals surface area contributed by atoms with Crippen LogP contribution in [0.4, 0.5) is 29.1 Å². The van der Waals surface area contributed by atoms with Crippen molar-refractivity contribution < 1.29 is 0 Å². The summed E-state index contributed by atoms with van der Waals surface area (Å²) < 4.78 is 7.64. The molecule has 2 spiro atoms. The third-order valence-corrected chi connectivity index (χ3v) is 36.1. The number of rotatable bonds is 12. The predicted octanol–water partition coefficient (Wildman–Crippen LogP) is 24.7. The standard InChI is InChI=1S/2C22H28Cl2N4O.2C22H27Cl2N3O.C18H21Cl2N3O/c2*1-15-7-10-27(14-15)22(3)8-11-26(12-9-22)19-13-20(29)28(16(2)25-19)18-6-4-5-17(23)21(18)24;2*1-14-6-5-9-22(14)10-12-26(13-11-22)20-15(2)21(28)27(16(3)25-20)18-8-4-7-17(23)19(18)24;1-12-16(22-9-7-18(2,3)8-10-22)21-11-23(17(12)24)14-6-4-5-13(19)15(14)20/h2*4-6,13,15H,7-12,14H2,1-3H3;2*4,7-8,14H,5-6,9-13H2,1-3H3;4-6,11H,7-10H2,1-3H3/t2*15-;2*14-;/m0000./s1. The van der Waals surface area contributed by atoms with Gasteiger partial charge in [0.1, 0.15) is 58.7 Å². The van der Waals surface area contributed by atoms with Crippen molar-refractivity contribution in [2.45, 2.75) is 231 Å². The summed E-state index contributed by atoms with van der Waals surface area (Å²) >= 11 is 62.3. The van der Waals surface area contributed by atoms with Crippen LogP contribution in [0.5, 0.6) is 0 Å². The fraction of sp³-hybridized carbons (Fsp3) is 0.528. The van der Waals surface area contributed by atoms with Crippen molar-refractivity contribution >= 4 is 145 Å². The summed E-state index contributed by atoms with van der Waals surface area (Å²) in [6.07, 6.45) is 23.6. The zero-order valence-electron chi connectivity index (χ0n) is 82.3. The van der Waals surface area contributed by atoms with Crippen LogP contribution in [0, 0.1) is 88.4 Å². The van der Waals surface area contributed by atoms with Crippen molar-refractivity contribution in [1.82, 2.24) is 57.6 Å². The van der Waals surface area contributed by atoms with Crippen molar-refractivity contribution in [1.29, 1.82) is 0 Å². The predicted molar refractivity (Wildman–Crippen MR) is 572 cm³/mol. The van der Waals surface area contributed by atoms with Gasteiger partial charge in [0.15, 0.2) is 0 Å². The molecule has 9 aliphatic rings. The van der Waals surface area contributed by atoms with Gasteiger partial charge in [0.2, 0.25) is 0 Å². The molecule has 5 aromatic carbocycles. The molecule has 22 nitrogen and oxygen atoms in total. The van der Waals surface area contributed by atoms with Crippen molar-refractivity contribution in [2.75, 3.05) is 116 Å². The van der Waals surface area contributed by atoms with Crippen LogP contribution in [-0.4, -0.2) is 160 Å². The van der Waals surface area contributed by atoms with Crippen LogP contribution in [-0.2, 0) is 0 Å². The fourth-order valence-corrected chi connectivity index (χ4v) is 24.6. The lowest BCUT2D eigenvalue weighted by atomic mass is 9.71. The van der Waals surface area contributed by atoms with Crippen LogP contribution >= 0.6 is 116 Å². The van der Waals surface area contributed by atoms with E-state index in [0.29, 0.717) is 135 Å². The minimum atomic E-state index is -0.140. The van der Waals surface area contributed by atoms with Crippen LogP contribution in [0.15, 0.2) is 133 Å². The first-order valence-corrected chi connectivity index (χ1v) is 52.8. The average Bonchev–Trinajstić information content (AvgIpc) is 1.33. The molecule has 32 heteroatoms. The maximum Gasteiger partial charge on any atom is 0.263 e. The summed E-state index contributed by atoms with van der Waals surface area (Å²) in [6, 6.07) is 29.7. The van der Waals surface area contributed by atoms with E-state index < -0.39 is 0 Å². The van der Waals surface area contributed by atoms with E-state index in [1.54, 1.807) is 119 Å². The normalized spacial score (nSPS) is 21.0. The third-order valence-electron chi connectivity index (χ3n) is 32.0. The molecule has 12 heterocycles. The highest BCUT2D eigenvalue weighted by atomic mass is 35.5. The molecular formula is C106H131Cl10N17O5. The first-order valence-electron chi connectivity index (χ1n) is 49.0. The number of hydrogen-bond donors (Lipinski definition) is 0. The average molecular weight is 2080 g/mol. The molecule has 138 heavy (non-hydrogen) atoms. The van der Waals surface area contributed by atoms with Gasteiger partial charge in [-0.1, -0.05) is 214 Å². The Morgan fingerprint density at radius 2 is 0.616 bits per heavy atom. The van der Waals surface area contributed by atoms with Gasteiger partial charge < -0.3 is 24.5 Å². The molecular weight excluding hydrogens is 1950 g/mol. The summed E-state index contributed by atoms with van der Waals surface area (Å²) in [4.78, 5) is 105. The van der Waals surface area contributed by atoms with E-state index in [9.17, 15) is 24.0 Å². The van der Waals surface area contributed by atoms with Crippen molar-refractivity contribution in [3.63, 3.8) is 0 Å². The Morgan fingerprint density at radius 3 is 0.935 bits per heavy atom. The van der Waals surface area contributed by atoms with E-state index in [1.807, 2.05) is 48.5 Å². The number of halogens is 10. The van der Waals surface area contributed by atoms with Crippen LogP contribution in [0.2, 0.25) is 50.2 Å². The minimum absolute atomic E-state index is 0.0822. The van der Waals surface area contributed by atoms with E-state index in [2.05, 4.69) is 94.7 Å². The lowest BCUT2D eigenvalue weighted by molar-refractivity contribution is 0.102. The Labute approximate surface area is 862 Å². The van der Waals surface area contributed by atoms with Crippen LogP contribution in [0.25, 0.3) is 28.4 Å². The second-order valence-corrected chi connectivity index (χ2v) is 45.4. The summed E-state index contributed by atoms with van der Waals surface area (Å²) in [5, 5.41) is 3.95. The van der Waals surface area contributed by atoms with E-state index >= 15 is 0 Å². The maximum atomic E-state index is 13.2. The van der Waals surface area contributed by atoms with E-state index in [-0.39, 0.29) is 38.9 Å². The molecule has 0 amide bonds. The van der Waals surface area contributed by atoms with Gasteiger partial charge in [-0.25, -0.2) is 24.9 Å². The molecule has 7 aliphatic heterocycles. The van der Waals surface area contributed by atoms with E-state index in [1.165, 1.54) is 117 Å². The van der Waals surface area contributed by atoms with Crippen LogP contribution < -0.4 is 52.3 Å². The molecule has 10 aromatic rings. The Kier molecular flexibility index (Phi) is 33.0. The largest absolute Gasteiger partial charge is 0.356 e. The number of benzene rings is 5. The monoisotopic (exact) mass is 2070 g/mol. The lowest BCUT2D eigenvalue weighted by Crippen LogP contribution is -2.53. The SMILES string of the molecule is Cc1c(N2CCC(C)(C)CC2)ncn(-c2cccc(Cl)c2Cl)c1=O.Cc1c(N2CCC3(CCC[C@@H]3C)CC2)nc(C)n(-c2cccc(Cl)c2Cl)c1=O.Cc1c(N2CCC3(CCC[C@@H]3C)CC2)nc(C)n(-c2cccc(Cl)c2Cl)c1=O.Cc1nc(N2CCC(C)(N3CC[C@H](C)C3)CC2)cc(=O)n1-c1cccc(Cl)c1Cl.Cc1nc(N2CCC(C)(N3CC[C@H](C)C3)CC2)cc(=O)n1-c1cccc(Cl)c1Cl. The zero-order chi connectivity index (χ0) is 99.1. The van der Waals surface area contributed by atoms with Gasteiger partial charge in [-0.2, -0.15) is 0 Å². The first-order chi connectivity index (χ1) is 65.5. The second kappa shape index (κ2) is 43.5. The summed E-state index contributed by atoms with van der Waals surface area (Å²) in [5.74, 6) is 9.58. The van der Waals surface area contributed by atoms with Crippen LogP contribution in [0.1, 0.15) is 211 Å². The fourth-order valence-electron chi connectivity index (χ4n) is 22.7. The lowest BCUT2D eigenvalue weighted by Gasteiger charge is -2.45. The quantitative estimate of drug-likeness (QED) is 0.112. The smallest absolute Gasteiger partial charge is 0.263 e. The summed E-state index contributed by atoms with van der Waals surface area (Å²) in [7, 11) is 0. The Balaban J connectivity index is 0.000000131. The van der Waals surface area contributed by atoms with E-state index in [0.717, 1.165) is 157 Å². The summed E-state index contributed by atoms with van der Waals surface area (Å²) in [6.45, 7) is 45.9. The maximum absolute atomic E-state index is 13.2. The van der Waals surface area contributed by atoms with Gasteiger partial charge in [-0.15, -0.1) is 0 Å². The van der Waals surface area contributed by atoms with Gasteiger partial charge in [-0.3, -0.25) is 56.6 Å². The second-order valence-electron chi connectivity index (χ2n) is 41.5. The van der Waals surface area contributed by atoms with Crippen molar-refractivity contribution in [2.24, 2.45) is 39.9 Å². The summed E-state index contributed by atoms with van der Waals surface area (Å²) in [5.41, 5.74) is 6.10. The minimum Gasteiger partial charge on any atom is -0.356 e. The zero-order valence-corrected chi connectivity index (χ0v) is 89.8. The molecule has 5 aromatic heterocycles. The van der Waals surface area contributed by atoms with Gasteiger partial charge in [0.05, 0.1) is 95.4 Å². The van der Waals surface area contributed by atoms with Gasteiger partial charge in [0, 0.05) is 102 Å². The molecule has 0 bridgehead atoms. The van der Waals surface area contributed by atoms with Crippen molar-refractivity contribution in [3.8, 4) is 28.4 Å². The first kappa shape index (κ1) is 105. The Morgan fingerprint density at radius 1 is 0.319 bits per heavy atom. The van der Waals surface area contributed by atoms with Crippen molar-refractivity contribution in [3.05, 3.63) is 251 Å². The van der Waals surface area contributed by atoms with E-state index in [4.69, 9.17) is 136 Å². The number of likely N-dealkylation sites (tertiary alicyclic amines) is 2. The highest BCUT2D eigenvalue weighted by Crippen LogP contribution is 2.53. The Hall–Kier alpha value is -7.68. The molecule has 2 saturated carbocycles. The molecule has 7 saturated heterocycles. The molecule has 2 aliphatic carbocycles. The van der Waals surface area contributed by atoms with Crippen LogP contribution in [0.3, 0.4) is 0 Å². The molecule has 4 atom stereocenters. The highest BCUT2D eigenvalue weighted by Gasteiger charge is 2.46. The number of aryl methyl sites for hydroxylation is 4. The molecule has 19 rings (SSSR count). The number of aromatic nitrogens is 10. The molecule has 0 radical (unpaired) electrons. The Bertz CT molecular complexity index is 6140. The number of anilines is 5. The molecule has 0 unspecified atom stereocenters. The molecule has 9 fully saturated rings. The number of nitrogens with zero attached hydrogens (tertiary/aromatic N) is 17.